The van der Waals surface area contributed by atoms with Gasteiger partial charge in [0.25, 0.3) is 5.91 Å². The van der Waals surface area contributed by atoms with Crippen LogP contribution < -0.4 is 0 Å². The average molecular weight is 555 g/mol. The second-order valence-electron chi connectivity index (χ2n) is 10.1. The monoisotopic (exact) mass is 553 g/mol. The van der Waals surface area contributed by atoms with Crippen molar-refractivity contribution in [2.24, 2.45) is 0 Å². The molecule has 0 atom stereocenters. The summed E-state index contributed by atoms with van der Waals surface area (Å²) in [6.45, 7) is 3.94. The third kappa shape index (κ3) is 7.42. The minimum absolute atomic E-state index is 0.00567. The van der Waals surface area contributed by atoms with Crippen molar-refractivity contribution in [3.8, 4) is 0 Å². The van der Waals surface area contributed by atoms with Crippen LogP contribution in [0.4, 0.5) is 0 Å². The summed E-state index contributed by atoms with van der Waals surface area (Å²) in [5, 5.41) is 0.740. The van der Waals surface area contributed by atoms with Gasteiger partial charge in [-0.25, -0.2) is 0 Å². The van der Waals surface area contributed by atoms with E-state index in [-0.39, 0.29) is 24.4 Å². The molecule has 1 fully saturated rings. The van der Waals surface area contributed by atoms with Crippen LogP contribution in [-0.2, 0) is 17.9 Å². The molecule has 202 valence electrons. The zero-order valence-electron chi connectivity index (χ0n) is 22.1. The first-order valence-electron chi connectivity index (χ1n) is 13.7. The first kappa shape index (κ1) is 28.3. The highest BCUT2D eigenvalue weighted by molar-refractivity contribution is 6.42. The number of benzene rings is 2. The van der Waals surface area contributed by atoms with Gasteiger partial charge in [-0.2, -0.15) is 0 Å². The third-order valence-corrected chi connectivity index (χ3v) is 8.09. The Labute approximate surface area is 236 Å². The first-order chi connectivity index (χ1) is 18.5. The number of unbranched alkanes of at least 4 members (excludes halogenated alkanes) is 1. The standard InChI is InChI=1S/C31H37Cl2N3O2/c1-2-3-18-35(31(38)25-16-17-28(32)29(33)20-25)23-30(37)36(26-13-8-5-9-14-26)22-27-15-10-19-34(27)21-24-11-6-4-7-12-24/h4,6-7,10-12,15-17,19-20,26H,2-3,5,8-9,13-14,18,21-23H2,1H3. The van der Waals surface area contributed by atoms with E-state index in [2.05, 4.69) is 35.9 Å². The second kappa shape index (κ2) is 13.9. The molecule has 1 aliphatic rings. The Bertz CT molecular complexity index is 1200. The SMILES string of the molecule is CCCCN(CC(=O)N(Cc1cccn1Cc1ccccc1)C1CCCCC1)C(=O)c1ccc(Cl)c(Cl)c1. The molecule has 7 heteroatoms. The van der Waals surface area contributed by atoms with Crippen LogP contribution in [0.15, 0.2) is 66.9 Å². The van der Waals surface area contributed by atoms with Gasteiger partial charge in [0.15, 0.2) is 0 Å². The van der Waals surface area contributed by atoms with Crippen LogP contribution in [0, 0.1) is 0 Å². The molecule has 4 rings (SSSR count). The van der Waals surface area contributed by atoms with Gasteiger partial charge in [0.1, 0.15) is 6.54 Å². The van der Waals surface area contributed by atoms with E-state index < -0.39 is 0 Å². The summed E-state index contributed by atoms with van der Waals surface area (Å²) in [6, 6.07) is 19.6. The fraction of sp³-hybridized carbons (Fsp3) is 0.419. The Balaban J connectivity index is 1.55. The summed E-state index contributed by atoms with van der Waals surface area (Å²) in [4.78, 5) is 31.1. The number of rotatable bonds is 11. The van der Waals surface area contributed by atoms with Crippen LogP contribution in [0.25, 0.3) is 0 Å². The number of halogens is 2. The largest absolute Gasteiger partial charge is 0.345 e. The van der Waals surface area contributed by atoms with Crippen LogP contribution in [0.2, 0.25) is 10.0 Å². The van der Waals surface area contributed by atoms with Gasteiger partial charge in [-0.15, -0.1) is 0 Å². The summed E-state index contributed by atoms with van der Waals surface area (Å²) in [5.41, 5.74) is 2.77. The van der Waals surface area contributed by atoms with E-state index in [1.54, 1.807) is 23.1 Å². The highest BCUT2D eigenvalue weighted by atomic mass is 35.5. The van der Waals surface area contributed by atoms with E-state index in [9.17, 15) is 9.59 Å². The molecular weight excluding hydrogens is 517 g/mol. The van der Waals surface area contributed by atoms with Crippen molar-refractivity contribution >= 4 is 35.0 Å². The van der Waals surface area contributed by atoms with Crippen molar-refractivity contribution in [2.75, 3.05) is 13.1 Å². The minimum Gasteiger partial charge on any atom is -0.345 e. The Hall–Kier alpha value is -2.76. The molecule has 0 aliphatic heterocycles. The van der Waals surface area contributed by atoms with Crippen LogP contribution >= 0.6 is 23.2 Å². The Morgan fingerprint density at radius 1 is 0.947 bits per heavy atom. The van der Waals surface area contributed by atoms with Gasteiger partial charge in [-0.05, 0) is 55.2 Å². The molecule has 3 aromatic rings. The van der Waals surface area contributed by atoms with Crippen molar-refractivity contribution in [3.63, 3.8) is 0 Å². The van der Waals surface area contributed by atoms with Crippen molar-refractivity contribution in [3.05, 3.63) is 93.7 Å². The fourth-order valence-electron chi connectivity index (χ4n) is 5.18. The lowest BCUT2D eigenvalue weighted by molar-refractivity contribution is -0.135. The number of nitrogens with zero attached hydrogens (tertiary/aromatic N) is 3. The van der Waals surface area contributed by atoms with Crippen molar-refractivity contribution in [1.82, 2.24) is 14.4 Å². The molecule has 2 aromatic carbocycles. The molecule has 1 heterocycles. The molecule has 0 spiro atoms. The van der Waals surface area contributed by atoms with E-state index in [0.29, 0.717) is 28.7 Å². The van der Waals surface area contributed by atoms with E-state index >= 15 is 0 Å². The smallest absolute Gasteiger partial charge is 0.254 e. The number of carbonyl (C=O) groups excluding carboxylic acids is 2. The molecule has 0 radical (unpaired) electrons. The predicted octanol–water partition coefficient (Wildman–Crippen LogP) is 7.45. The maximum atomic E-state index is 13.9. The van der Waals surface area contributed by atoms with Gasteiger partial charge in [0, 0.05) is 36.6 Å². The van der Waals surface area contributed by atoms with Gasteiger partial charge < -0.3 is 14.4 Å². The first-order valence-corrected chi connectivity index (χ1v) is 14.4. The molecule has 0 saturated heterocycles. The molecule has 0 bridgehead atoms. The zero-order valence-corrected chi connectivity index (χ0v) is 23.6. The molecule has 5 nitrogen and oxygen atoms in total. The highest BCUT2D eigenvalue weighted by Gasteiger charge is 2.29. The minimum atomic E-state index is -0.193. The molecule has 1 aromatic heterocycles. The van der Waals surface area contributed by atoms with E-state index in [4.69, 9.17) is 23.2 Å². The normalized spacial score (nSPS) is 13.9. The topological polar surface area (TPSA) is 45.6 Å². The third-order valence-electron chi connectivity index (χ3n) is 7.35. The molecule has 2 amide bonds. The molecular formula is C31H37Cl2N3O2. The van der Waals surface area contributed by atoms with Crippen LogP contribution in [0.5, 0.6) is 0 Å². The average Bonchev–Trinajstić information content (AvgIpc) is 3.38. The van der Waals surface area contributed by atoms with Gasteiger partial charge in [-0.1, -0.05) is 86.1 Å². The lowest BCUT2D eigenvalue weighted by Gasteiger charge is -2.36. The quantitative estimate of drug-likeness (QED) is 0.247. The van der Waals surface area contributed by atoms with Gasteiger partial charge in [-0.3, -0.25) is 9.59 Å². The number of hydrogen-bond donors (Lipinski definition) is 0. The van der Waals surface area contributed by atoms with E-state index in [0.717, 1.165) is 50.8 Å². The van der Waals surface area contributed by atoms with Crippen LogP contribution in [0.3, 0.4) is 0 Å². The molecule has 1 saturated carbocycles. The van der Waals surface area contributed by atoms with Crippen LogP contribution in [0.1, 0.15) is 73.5 Å². The van der Waals surface area contributed by atoms with Crippen molar-refractivity contribution in [2.45, 2.75) is 71.0 Å². The van der Waals surface area contributed by atoms with E-state index in [1.807, 2.05) is 29.2 Å². The van der Waals surface area contributed by atoms with Crippen molar-refractivity contribution in [1.29, 1.82) is 0 Å². The summed E-state index contributed by atoms with van der Waals surface area (Å²) >= 11 is 12.3. The fourth-order valence-corrected chi connectivity index (χ4v) is 5.48. The predicted molar refractivity (Wildman–Crippen MR) is 155 cm³/mol. The Kier molecular flexibility index (Phi) is 10.3. The number of amides is 2. The summed E-state index contributed by atoms with van der Waals surface area (Å²) in [7, 11) is 0. The van der Waals surface area contributed by atoms with Gasteiger partial charge in [0.05, 0.1) is 16.6 Å². The zero-order chi connectivity index (χ0) is 26.9. The Morgan fingerprint density at radius 2 is 1.71 bits per heavy atom. The summed E-state index contributed by atoms with van der Waals surface area (Å²) < 4.78 is 2.22. The maximum Gasteiger partial charge on any atom is 0.254 e. The van der Waals surface area contributed by atoms with E-state index in [1.165, 1.54) is 12.0 Å². The second-order valence-corrected chi connectivity index (χ2v) is 11.0. The molecule has 0 unspecified atom stereocenters. The number of hydrogen-bond acceptors (Lipinski definition) is 2. The maximum absolute atomic E-state index is 13.9. The summed E-state index contributed by atoms with van der Waals surface area (Å²) in [5.74, 6) is -0.199. The number of aromatic nitrogens is 1. The van der Waals surface area contributed by atoms with Gasteiger partial charge in [0.2, 0.25) is 5.91 Å². The van der Waals surface area contributed by atoms with Gasteiger partial charge >= 0.3 is 0 Å². The molecule has 0 N–H and O–H groups in total. The lowest BCUT2D eigenvalue weighted by Crippen LogP contribution is -2.47. The van der Waals surface area contributed by atoms with Crippen molar-refractivity contribution < 1.29 is 9.59 Å². The summed E-state index contributed by atoms with van der Waals surface area (Å²) in [6.07, 6.45) is 9.29. The van der Waals surface area contributed by atoms with Crippen LogP contribution in [-0.4, -0.2) is 45.3 Å². The Morgan fingerprint density at radius 3 is 2.42 bits per heavy atom. The number of carbonyl (C=O) groups is 2. The molecule has 38 heavy (non-hydrogen) atoms. The molecule has 1 aliphatic carbocycles. The lowest BCUT2D eigenvalue weighted by atomic mass is 9.94. The highest BCUT2D eigenvalue weighted by Crippen LogP contribution is 2.26.